The number of aryl methyl sites for hydroxylation is 1. The Morgan fingerprint density at radius 2 is 2.11 bits per heavy atom. The molecule has 1 saturated heterocycles. The first-order valence-electron chi connectivity index (χ1n) is 6.72. The Hall–Kier alpha value is -1.42. The maximum Gasteiger partial charge on any atom is 0.254 e. The second kappa shape index (κ2) is 6.15. The number of amides is 1. The lowest BCUT2D eigenvalue weighted by molar-refractivity contribution is 0.0537. The summed E-state index contributed by atoms with van der Waals surface area (Å²) in [4.78, 5) is 12.1. The SMILES string of the molecule is Cc1ccc(F)c(C(=O)NC(C)C2CCOCC2)c1. The van der Waals surface area contributed by atoms with E-state index in [1.807, 2.05) is 13.8 Å². The van der Waals surface area contributed by atoms with E-state index in [1.54, 1.807) is 12.1 Å². The number of carbonyl (C=O) groups excluding carboxylic acids is 1. The van der Waals surface area contributed by atoms with Gasteiger partial charge in [0.15, 0.2) is 0 Å². The van der Waals surface area contributed by atoms with Crippen molar-refractivity contribution in [2.45, 2.75) is 32.7 Å². The topological polar surface area (TPSA) is 38.3 Å². The summed E-state index contributed by atoms with van der Waals surface area (Å²) in [5.74, 6) is -0.395. The summed E-state index contributed by atoms with van der Waals surface area (Å²) in [5, 5.41) is 2.90. The van der Waals surface area contributed by atoms with Crippen LogP contribution in [0.5, 0.6) is 0 Å². The fraction of sp³-hybridized carbons (Fsp3) is 0.533. The van der Waals surface area contributed by atoms with Crippen molar-refractivity contribution in [3.8, 4) is 0 Å². The Bertz CT molecular complexity index is 455. The smallest absolute Gasteiger partial charge is 0.254 e. The molecule has 1 amide bonds. The zero-order valence-electron chi connectivity index (χ0n) is 11.4. The van der Waals surface area contributed by atoms with Gasteiger partial charge in [-0.3, -0.25) is 4.79 Å². The van der Waals surface area contributed by atoms with Gasteiger partial charge in [-0.05, 0) is 44.7 Å². The Labute approximate surface area is 113 Å². The van der Waals surface area contributed by atoms with Crippen molar-refractivity contribution in [1.29, 1.82) is 0 Å². The highest BCUT2D eigenvalue weighted by Gasteiger charge is 2.23. The number of hydrogen-bond acceptors (Lipinski definition) is 2. The Kier molecular flexibility index (Phi) is 4.53. The van der Waals surface area contributed by atoms with Gasteiger partial charge in [0.1, 0.15) is 5.82 Å². The molecular formula is C15H20FNO2. The molecule has 1 unspecified atom stereocenters. The zero-order valence-corrected chi connectivity index (χ0v) is 11.4. The molecule has 1 atom stereocenters. The molecule has 0 aliphatic carbocycles. The van der Waals surface area contributed by atoms with Crippen molar-refractivity contribution in [3.05, 3.63) is 35.1 Å². The third-order valence-corrected chi connectivity index (χ3v) is 3.70. The highest BCUT2D eigenvalue weighted by atomic mass is 19.1. The second-order valence-corrected chi connectivity index (χ2v) is 5.20. The van der Waals surface area contributed by atoms with Gasteiger partial charge in [0, 0.05) is 19.3 Å². The van der Waals surface area contributed by atoms with Gasteiger partial charge in [-0.15, -0.1) is 0 Å². The van der Waals surface area contributed by atoms with Crippen LogP contribution in [0.4, 0.5) is 4.39 Å². The predicted octanol–water partition coefficient (Wildman–Crippen LogP) is 2.68. The van der Waals surface area contributed by atoms with Crippen molar-refractivity contribution >= 4 is 5.91 Å². The monoisotopic (exact) mass is 265 g/mol. The molecule has 1 aliphatic heterocycles. The third kappa shape index (κ3) is 3.53. The number of carbonyl (C=O) groups is 1. The van der Waals surface area contributed by atoms with Crippen LogP contribution in [0.25, 0.3) is 0 Å². The fourth-order valence-corrected chi connectivity index (χ4v) is 2.43. The molecule has 0 radical (unpaired) electrons. The summed E-state index contributed by atoms with van der Waals surface area (Å²) in [6.07, 6.45) is 1.88. The van der Waals surface area contributed by atoms with Crippen LogP contribution < -0.4 is 5.32 Å². The average molecular weight is 265 g/mol. The number of nitrogens with one attached hydrogen (secondary N) is 1. The normalized spacial score (nSPS) is 18.1. The summed E-state index contributed by atoms with van der Waals surface area (Å²) in [6, 6.07) is 4.62. The van der Waals surface area contributed by atoms with Gasteiger partial charge in [-0.2, -0.15) is 0 Å². The van der Waals surface area contributed by atoms with Gasteiger partial charge in [0.2, 0.25) is 0 Å². The van der Waals surface area contributed by atoms with Crippen LogP contribution in [0.15, 0.2) is 18.2 Å². The molecule has 1 heterocycles. The molecule has 1 aromatic rings. The fourth-order valence-electron chi connectivity index (χ4n) is 2.43. The number of benzene rings is 1. The number of rotatable bonds is 3. The summed E-state index contributed by atoms with van der Waals surface area (Å²) in [5.41, 5.74) is 1.00. The molecule has 19 heavy (non-hydrogen) atoms. The maximum atomic E-state index is 13.6. The molecule has 2 rings (SSSR count). The van der Waals surface area contributed by atoms with Crippen LogP contribution in [-0.2, 0) is 4.74 Å². The first-order valence-corrected chi connectivity index (χ1v) is 6.72. The average Bonchev–Trinajstić information content (AvgIpc) is 2.42. The molecule has 0 aromatic heterocycles. The summed E-state index contributed by atoms with van der Waals surface area (Å²) < 4.78 is 18.9. The van der Waals surface area contributed by atoms with Crippen LogP contribution in [0, 0.1) is 18.7 Å². The van der Waals surface area contributed by atoms with E-state index in [2.05, 4.69) is 5.32 Å². The van der Waals surface area contributed by atoms with Crippen LogP contribution in [-0.4, -0.2) is 25.2 Å². The highest BCUT2D eigenvalue weighted by molar-refractivity contribution is 5.94. The van der Waals surface area contributed by atoms with E-state index in [0.29, 0.717) is 5.92 Å². The molecule has 4 heteroatoms. The van der Waals surface area contributed by atoms with Crippen molar-refractivity contribution in [1.82, 2.24) is 5.32 Å². The van der Waals surface area contributed by atoms with E-state index in [-0.39, 0.29) is 17.5 Å². The summed E-state index contributed by atoms with van der Waals surface area (Å²) in [7, 11) is 0. The third-order valence-electron chi connectivity index (χ3n) is 3.70. The van der Waals surface area contributed by atoms with Crippen LogP contribution in [0.2, 0.25) is 0 Å². The van der Waals surface area contributed by atoms with Crippen molar-refractivity contribution < 1.29 is 13.9 Å². The van der Waals surface area contributed by atoms with Gasteiger partial charge >= 0.3 is 0 Å². The summed E-state index contributed by atoms with van der Waals surface area (Å²) >= 11 is 0. The van der Waals surface area contributed by atoms with Crippen LogP contribution >= 0.6 is 0 Å². The van der Waals surface area contributed by atoms with E-state index in [1.165, 1.54) is 6.07 Å². The Balaban J connectivity index is 2.01. The molecule has 1 aromatic carbocycles. The molecule has 3 nitrogen and oxygen atoms in total. The minimum absolute atomic E-state index is 0.0383. The lowest BCUT2D eigenvalue weighted by Gasteiger charge is -2.28. The number of ether oxygens (including phenoxy) is 1. The second-order valence-electron chi connectivity index (χ2n) is 5.20. The highest BCUT2D eigenvalue weighted by Crippen LogP contribution is 2.19. The minimum atomic E-state index is -0.470. The molecular weight excluding hydrogens is 245 g/mol. The predicted molar refractivity (Wildman–Crippen MR) is 71.6 cm³/mol. The van der Waals surface area contributed by atoms with Gasteiger partial charge in [-0.1, -0.05) is 11.6 Å². The van der Waals surface area contributed by atoms with Crippen molar-refractivity contribution in [2.75, 3.05) is 13.2 Å². The van der Waals surface area contributed by atoms with E-state index in [9.17, 15) is 9.18 Å². The minimum Gasteiger partial charge on any atom is -0.381 e. The lowest BCUT2D eigenvalue weighted by atomic mass is 9.92. The first kappa shape index (κ1) is 14.0. The van der Waals surface area contributed by atoms with Gasteiger partial charge < -0.3 is 10.1 Å². The molecule has 0 spiro atoms. The largest absolute Gasteiger partial charge is 0.381 e. The Morgan fingerprint density at radius 3 is 2.79 bits per heavy atom. The molecule has 0 saturated carbocycles. The molecule has 1 aliphatic rings. The van der Waals surface area contributed by atoms with Gasteiger partial charge in [0.25, 0.3) is 5.91 Å². The van der Waals surface area contributed by atoms with E-state index >= 15 is 0 Å². The van der Waals surface area contributed by atoms with Crippen LogP contribution in [0.1, 0.15) is 35.7 Å². The van der Waals surface area contributed by atoms with E-state index < -0.39 is 5.82 Å². The lowest BCUT2D eigenvalue weighted by Crippen LogP contribution is -2.40. The standard InChI is InChI=1S/C15H20FNO2/c1-10-3-4-14(16)13(9-10)15(18)17-11(2)12-5-7-19-8-6-12/h3-4,9,11-12H,5-8H2,1-2H3,(H,17,18). The first-order chi connectivity index (χ1) is 9.08. The number of halogens is 1. The van der Waals surface area contributed by atoms with E-state index in [0.717, 1.165) is 31.6 Å². The van der Waals surface area contributed by atoms with Gasteiger partial charge in [0.05, 0.1) is 5.56 Å². The van der Waals surface area contributed by atoms with E-state index in [4.69, 9.17) is 4.74 Å². The quantitative estimate of drug-likeness (QED) is 0.912. The Morgan fingerprint density at radius 1 is 1.42 bits per heavy atom. The summed E-state index contributed by atoms with van der Waals surface area (Å²) in [6.45, 7) is 5.30. The maximum absolute atomic E-state index is 13.6. The van der Waals surface area contributed by atoms with Crippen molar-refractivity contribution in [3.63, 3.8) is 0 Å². The molecule has 0 bridgehead atoms. The van der Waals surface area contributed by atoms with Crippen LogP contribution in [0.3, 0.4) is 0 Å². The zero-order chi connectivity index (χ0) is 13.8. The molecule has 1 fully saturated rings. The van der Waals surface area contributed by atoms with Crippen molar-refractivity contribution in [2.24, 2.45) is 5.92 Å². The number of hydrogen-bond donors (Lipinski definition) is 1. The molecule has 104 valence electrons. The van der Waals surface area contributed by atoms with Gasteiger partial charge in [-0.25, -0.2) is 4.39 Å². The molecule has 1 N–H and O–H groups in total.